The van der Waals surface area contributed by atoms with E-state index in [0.717, 1.165) is 41.9 Å². The second kappa shape index (κ2) is 8.63. The zero-order chi connectivity index (χ0) is 18.4. The van der Waals surface area contributed by atoms with Crippen LogP contribution < -0.4 is 16.0 Å². The molecule has 1 heterocycles. The summed E-state index contributed by atoms with van der Waals surface area (Å²) in [6.45, 7) is 1.28. The van der Waals surface area contributed by atoms with Crippen molar-refractivity contribution in [1.29, 1.82) is 0 Å². The number of aryl methyl sites for hydroxylation is 1. The molecule has 0 aliphatic carbocycles. The van der Waals surface area contributed by atoms with E-state index in [1.54, 1.807) is 0 Å². The number of rotatable bonds is 6. The van der Waals surface area contributed by atoms with Crippen molar-refractivity contribution in [3.05, 3.63) is 59.7 Å². The molecule has 2 amide bonds. The molecule has 2 aromatic carbocycles. The van der Waals surface area contributed by atoms with E-state index in [2.05, 4.69) is 5.32 Å². The SMILES string of the molecule is NCc1cccc(CCC(=O)Nc2ccc(N3CCCCC3=O)cc2)c1. The number of anilines is 2. The second-order valence-corrected chi connectivity index (χ2v) is 6.62. The Kier molecular flexibility index (Phi) is 6.02. The summed E-state index contributed by atoms with van der Waals surface area (Å²) < 4.78 is 0. The highest BCUT2D eigenvalue weighted by Gasteiger charge is 2.19. The number of hydrogen-bond donors (Lipinski definition) is 2. The van der Waals surface area contributed by atoms with Gasteiger partial charge >= 0.3 is 0 Å². The Labute approximate surface area is 154 Å². The molecule has 3 N–H and O–H groups in total. The van der Waals surface area contributed by atoms with Crippen LogP contribution in [0.3, 0.4) is 0 Å². The summed E-state index contributed by atoms with van der Waals surface area (Å²) in [7, 11) is 0. The topological polar surface area (TPSA) is 75.4 Å². The minimum absolute atomic E-state index is 0.0232. The van der Waals surface area contributed by atoms with Gasteiger partial charge in [0.2, 0.25) is 11.8 Å². The minimum atomic E-state index is -0.0232. The zero-order valence-corrected chi connectivity index (χ0v) is 14.9. The molecular weight excluding hydrogens is 326 g/mol. The third kappa shape index (κ3) is 4.70. The Morgan fingerprint density at radius 3 is 2.58 bits per heavy atom. The number of nitrogens with zero attached hydrogens (tertiary/aromatic N) is 1. The van der Waals surface area contributed by atoms with E-state index in [0.29, 0.717) is 25.8 Å². The van der Waals surface area contributed by atoms with Crippen molar-refractivity contribution in [2.45, 2.75) is 38.6 Å². The number of carbonyl (C=O) groups is 2. The van der Waals surface area contributed by atoms with Crippen molar-refractivity contribution in [3.8, 4) is 0 Å². The predicted octanol–water partition coefficient (Wildman–Crippen LogP) is 3.23. The van der Waals surface area contributed by atoms with E-state index in [4.69, 9.17) is 5.73 Å². The predicted molar refractivity (Wildman–Crippen MR) is 104 cm³/mol. The van der Waals surface area contributed by atoms with E-state index in [9.17, 15) is 9.59 Å². The molecule has 0 spiro atoms. The van der Waals surface area contributed by atoms with Gasteiger partial charge in [-0.2, -0.15) is 0 Å². The Morgan fingerprint density at radius 2 is 1.85 bits per heavy atom. The fourth-order valence-electron chi connectivity index (χ4n) is 3.20. The van der Waals surface area contributed by atoms with Crippen molar-refractivity contribution in [1.82, 2.24) is 0 Å². The highest BCUT2D eigenvalue weighted by molar-refractivity contribution is 5.95. The summed E-state index contributed by atoms with van der Waals surface area (Å²) in [6, 6.07) is 15.5. The molecule has 3 rings (SSSR count). The first-order chi connectivity index (χ1) is 12.7. The van der Waals surface area contributed by atoms with E-state index in [-0.39, 0.29) is 11.8 Å². The van der Waals surface area contributed by atoms with Gasteiger partial charge in [-0.1, -0.05) is 24.3 Å². The maximum Gasteiger partial charge on any atom is 0.226 e. The molecule has 5 nitrogen and oxygen atoms in total. The summed E-state index contributed by atoms with van der Waals surface area (Å²) in [5.74, 6) is 0.151. The van der Waals surface area contributed by atoms with E-state index in [1.165, 1.54) is 0 Å². The summed E-state index contributed by atoms with van der Waals surface area (Å²) in [6.07, 6.45) is 3.72. The van der Waals surface area contributed by atoms with Crippen LogP contribution in [-0.4, -0.2) is 18.4 Å². The molecule has 5 heteroatoms. The van der Waals surface area contributed by atoms with Crippen molar-refractivity contribution >= 4 is 23.2 Å². The first-order valence-electron chi connectivity index (χ1n) is 9.14. The van der Waals surface area contributed by atoms with Gasteiger partial charge in [-0.3, -0.25) is 9.59 Å². The maximum absolute atomic E-state index is 12.2. The Balaban J connectivity index is 1.53. The maximum atomic E-state index is 12.2. The van der Waals surface area contributed by atoms with Gasteiger partial charge in [-0.05, 0) is 54.7 Å². The van der Waals surface area contributed by atoms with Gasteiger partial charge in [0.25, 0.3) is 0 Å². The van der Waals surface area contributed by atoms with Gasteiger partial charge in [0.05, 0.1) is 0 Å². The Bertz CT molecular complexity index is 771. The molecule has 0 radical (unpaired) electrons. The molecule has 0 saturated carbocycles. The van der Waals surface area contributed by atoms with Gasteiger partial charge in [-0.15, -0.1) is 0 Å². The molecule has 2 aromatic rings. The van der Waals surface area contributed by atoms with Crippen molar-refractivity contribution in [3.63, 3.8) is 0 Å². The quantitative estimate of drug-likeness (QED) is 0.839. The molecule has 0 aromatic heterocycles. The lowest BCUT2D eigenvalue weighted by molar-refractivity contribution is -0.119. The first-order valence-corrected chi connectivity index (χ1v) is 9.14. The highest BCUT2D eigenvalue weighted by Crippen LogP contribution is 2.22. The van der Waals surface area contributed by atoms with Crippen LogP contribution in [0.1, 0.15) is 36.8 Å². The number of nitrogens with two attached hydrogens (primary N) is 1. The number of carbonyl (C=O) groups excluding carboxylic acids is 2. The van der Waals surface area contributed by atoms with Crippen LogP contribution in [-0.2, 0) is 22.6 Å². The van der Waals surface area contributed by atoms with Crippen LogP contribution in [0.5, 0.6) is 0 Å². The smallest absolute Gasteiger partial charge is 0.226 e. The largest absolute Gasteiger partial charge is 0.326 e. The molecule has 0 atom stereocenters. The first kappa shape index (κ1) is 18.1. The van der Waals surface area contributed by atoms with Gasteiger partial charge in [-0.25, -0.2) is 0 Å². The van der Waals surface area contributed by atoms with Crippen LogP contribution in [0.2, 0.25) is 0 Å². The lowest BCUT2D eigenvalue weighted by Gasteiger charge is -2.26. The second-order valence-electron chi connectivity index (χ2n) is 6.62. The zero-order valence-electron chi connectivity index (χ0n) is 14.9. The third-order valence-corrected chi connectivity index (χ3v) is 4.65. The monoisotopic (exact) mass is 351 g/mol. The molecule has 26 heavy (non-hydrogen) atoms. The molecule has 0 unspecified atom stereocenters. The lowest BCUT2D eigenvalue weighted by Crippen LogP contribution is -2.35. The van der Waals surface area contributed by atoms with E-state index in [1.807, 2.05) is 53.4 Å². The number of hydrogen-bond acceptors (Lipinski definition) is 3. The van der Waals surface area contributed by atoms with Crippen LogP contribution in [0.25, 0.3) is 0 Å². The normalized spacial score (nSPS) is 14.3. The summed E-state index contributed by atoms with van der Waals surface area (Å²) in [5, 5.41) is 2.92. The van der Waals surface area contributed by atoms with Crippen molar-refractivity contribution < 1.29 is 9.59 Å². The molecule has 136 valence electrons. The number of piperidine rings is 1. The molecule has 1 fully saturated rings. The molecule has 1 aliphatic rings. The summed E-state index contributed by atoms with van der Waals surface area (Å²) >= 11 is 0. The third-order valence-electron chi connectivity index (χ3n) is 4.65. The number of amides is 2. The van der Waals surface area contributed by atoms with Gasteiger partial charge in [0, 0.05) is 37.3 Å². The van der Waals surface area contributed by atoms with Crippen molar-refractivity contribution in [2.24, 2.45) is 5.73 Å². The molecule has 0 bridgehead atoms. The van der Waals surface area contributed by atoms with E-state index >= 15 is 0 Å². The van der Waals surface area contributed by atoms with Crippen LogP contribution in [0, 0.1) is 0 Å². The Morgan fingerprint density at radius 1 is 1.08 bits per heavy atom. The van der Waals surface area contributed by atoms with Crippen molar-refractivity contribution in [2.75, 3.05) is 16.8 Å². The molecule has 1 aliphatic heterocycles. The molecule has 1 saturated heterocycles. The van der Waals surface area contributed by atoms with Crippen LogP contribution in [0.4, 0.5) is 11.4 Å². The fourth-order valence-corrected chi connectivity index (χ4v) is 3.20. The lowest BCUT2D eigenvalue weighted by atomic mass is 10.1. The fraction of sp³-hybridized carbons (Fsp3) is 0.333. The average Bonchev–Trinajstić information content (AvgIpc) is 2.68. The van der Waals surface area contributed by atoms with Gasteiger partial charge in [0.1, 0.15) is 0 Å². The molecular formula is C21H25N3O2. The van der Waals surface area contributed by atoms with Gasteiger partial charge in [0.15, 0.2) is 0 Å². The standard InChI is InChI=1S/C21H25N3O2/c22-15-17-5-3-4-16(14-17)7-12-20(25)23-18-8-10-19(11-9-18)24-13-2-1-6-21(24)26/h3-5,8-11,14H,1-2,6-7,12-13,15,22H2,(H,23,25). The minimum Gasteiger partial charge on any atom is -0.326 e. The highest BCUT2D eigenvalue weighted by atomic mass is 16.2. The summed E-state index contributed by atoms with van der Waals surface area (Å²) in [5.41, 5.74) is 9.48. The summed E-state index contributed by atoms with van der Waals surface area (Å²) in [4.78, 5) is 26.0. The average molecular weight is 351 g/mol. The number of benzene rings is 2. The Hall–Kier alpha value is -2.66. The van der Waals surface area contributed by atoms with Gasteiger partial charge < -0.3 is 16.0 Å². The number of nitrogens with one attached hydrogen (secondary N) is 1. The van der Waals surface area contributed by atoms with Crippen LogP contribution >= 0.6 is 0 Å². The van der Waals surface area contributed by atoms with Crippen LogP contribution in [0.15, 0.2) is 48.5 Å². The van der Waals surface area contributed by atoms with E-state index < -0.39 is 0 Å².